The molecule has 2 amide bonds. The molecule has 1 aliphatic heterocycles. The number of rotatable bonds is 7. The summed E-state index contributed by atoms with van der Waals surface area (Å²) >= 11 is 0. The van der Waals surface area contributed by atoms with Crippen LogP contribution in [-0.4, -0.2) is 63.6 Å². The summed E-state index contributed by atoms with van der Waals surface area (Å²) in [6.45, 7) is 8.61. The van der Waals surface area contributed by atoms with Crippen LogP contribution in [0.15, 0.2) is 85.1 Å². The molecule has 0 radical (unpaired) electrons. The van der Waals surface area contributed by atoms with Gasteiger partial charge < -0.3 is 15.0 Å². The number of anilines is 2. The Morgan fingerprint density at radius 1 is 0.953 bits per heavy atom. The summed E-state index contributed by atoms with van der Waals surface area (Å²) in [6, 6.07) is 24.0. The number of hydrogen-bond acceptors (Lipinski definition) is 7. The number of amides is 2. The van der Waals surface area contributed by atoms with Gasteiger partial charge in [-0.15, -0.1) is 5.10 Å². The summed E-state index contributed by atoms with van der Waals surface area (Å²) in [4.78, 5) is 37.0. The van der Waals surface area contributed by atoms with Crippen LogP contribution in [-0.2, 0) is 20.9 Å². The van der Waals surface area contributed by atoms with E-state index in [1.54, 1.807) is 15.8 Å². The van der Waals surface area contributed by atoms with Crippen molar-refractivity contribution in [3.05, 3.63) is 90.6 Å². The number of nitrogens with one attached hydrogen (secondary N) is 1. The van der Waals surface area contributed by atoms with Gasteiger partial charge in [-0.25, -0.2) is 4.68 Å². The number of ether oxygens (including phenoxy) is 1. The van der Waals surface area contributed by atoms with Crippen molar-refractivity contribution >= 4 is 45.1 Å². The quantitative estimate of drug-likeness (QED) is 0.304. The smallest absolute Gasteiger partial charge is 0.249 e. The van der Waals surface area contributed by atoms with Crippen LogP contribution in [0.3, 0.4) is 0 Å². The number of para-hydroxylation sites is 2. The predicted octanol–water partition coefficient (Wildman–Crippen LogP) is 4.51. The number of morpholine rings is 1. The number of benzene rings is 3. The van der Waals surface area contributed by atoms with Crippen LogP contribution in [0.2, 0.25) is 0 Å². The summed E-state index contributed by atoms with van der Waals surface area (Å²) < 4.78 is 7.08. The number of carbonyl (C=O) groups excluding carboxylic acids is 2. The van der Waals surface area contributed by atoms with Crippen molar-refractivity contribution in [3.8, 4) is 0 Å². The molecular formula is C33H35N7O3. The topological polar surface area (TPSA) is 105 Å². The van der Waals surface area contributed by atoms with Crippen LogP contribution < -0.4 is 15.1 Å². The number of pyridine rings is 1. The maximum Gasteiger partial charge on any atom is 0.249 e. The van der Waals surface area contributed by atoms with Crippen molar-refractivity contribution in [2.75, 3.05) is 36.1 Å². The number of fused-ring (bicyclic) bond motifs is 2. The van der Waals surface area contributed by atoms with E-state index in [1.807, 2.05) is 99.6 Å². The molecule has 0 bridgehead atoms. The normalized spacial score (nSPS) is 14.5. The molecule has 5 aromatic rings. The zero-order chi connectivity index (χ0) is 30.0. The lowest BCUT2D eigenvalue weighted by atomic mass is 10.00. The summed E-state index contributed by atoms with van der Waals surface area (Å²) in [5, 5.41) is 12.4. The van der Waals surface area contributed by atoms with Crippen molar-refractivity contribution in [2.24, 2.45) is 0 Å². The fourth-order valence-electron chi connectivity index (χ4n) is 5.41. The first-order valence-corrected chi connectivity index (χ1v) is 14.5. The highest BCUT2D eigenvalue weighted by Crippen LogP contribution is 2.32. The minimum absolute atomic E-state index is 0.113. The van der Waals surface area contributed by atoms with Gasteiger partial charge in [-0.2, -0.15) is 0 Å². The number of carbonyl (C=O) groups is 2. The van der Waals surface area contributed by atoms with E-state index >= 15 is 0 Å². The third kappa shape index (κ3) is 6.19. The highest BCUT2D eigenvalue weighted by atomic mass is 16.5. The van der Waals surface area contributed by atoms with E-state index in [2.05, 4.69) is 25.5 Å². The summed E-state index contributed by atoms with van der Waals surface area (Å²) in [6.07, 6.45) is 1.65. The first kappa shape index (κ1) is 28.3. The average Bonchev–Trinajstić information content (AvgIpc) is 3.41. The molecule has 43 heavy (non-hydrogen) atoms. The van der Waals surface area contributed by atoms with Gasteiger partial charge in [0.2, 0.25) is 11.8 Å². The van der Waals surface area contributed by atoms with Crippen molar-refractivity contribution in [2.45, 2.75) is 38.9 Å². The third-order valence-electron chi connectivity index (χ3n) is 7.42. The highest BCUT2D eigenvalue weighted by molar-refractivity contribution is 6.02. The zero-order valence-corrected chi connectivity index (χ0v) is 24.6. The second kappa shape index (κ2) is 11.8. The minimum Gasteiger partial charge on any atom is -0.378 e. The molecule has 10 heteroatoms. The molecule has 10 nitrogen and oxygen atoms in total. The van der Waals surface area contributed by atoms with E-state index in [0.29, 0.717) is 30.0 Å². The van der Waals surface area contributed by atoms with Crippen molar-refractivity contribution in [1.82, 2.24) is 25.3 Å². The van der Waals surface area contributed by atoms with Gasteiger partial charge in [-0.05, 0) is 62.7 Å². The van der Waals surface area contributed by atoms with Gasteiger partial charge in [0.25, 0.3) is 0 Å². The summed E-state index contributed by atoms with van der Waals surface area (Å²) in [5.74, 6) is -0.615. The highest BCUT2D eigenvalue weighted by Gasteiger charge is 2.35. The molecule has 1 saturated heterocycles. The molecule has 0 aliphatic carbocycles. The Morgan fingerprint density at radius 2 is 1.65 bits per heavy atom. The Kier molecular flexibility index (Phi) is 7.77. The predicted molar refractivity (Wildman–Crippen MR) is 167 cm³/mol. The molecule has 1 N–H and O–H groups in total. The van der Waals surface area contributed by atoms with Gasteiger partial charge in [0.15, 0.2) is 0 Å². The van der Waals surface area contributed by atoms with Gasteiger partial charge in [0.05, 0.1) is 36.1 Å². The number of hydrogen-bond donors (Lipinski definition) is 1. The molecule has 1 aliphatic rings. The standard InChI is InChI=1S/C33H35N7O3/c1-33(2,3)35-32(42)31(23-12-14-25(15-13-23)38-16-18-43-19-17-38)40(26-20-24-8-4-5-9-27(24)34-21-26)30(41)22-39-29-11-7-6-10-28(29)36-37-39/h4-15,20-21,31H,16-19,22H2,1-3H3,(H,35,42)/t31-/m1/s1. The van der Waals surface area contributed by atoms with Gasteiger partial charge in [-0.3, -0.25) is 19.5 Å². The number of nitrogens with zero attached hydrogens (tertiary/aromatic N) is 6. The van der Waals surface area contributed by atoms with Crippen LogP contribution in [0, 0.1) is 0 Å². The van der Waals surface area contributed by atoms with E-state index in [0.717, 1.165) is 35.2 Å². The second-order valence-electron chi connectivity index (χ2n) is 11.7. The van der Waals surface area contributed by atoms with Gasteiger partial charge in [0.1, 0.15) is 18.1 Å². The Labute approximate surface area is 250 Å². The van der Waals surface area contributed by atoms with Gasteiger partial charge in [-0.1, -0.05) is 47.7 Å². The average molecular weight is 578 g/mol. The van der Waals surface area contributed by atoms with Crippen LogP contribution in [0.25, 0.3) is 21.9 Å². The zero-order valence-electron chi connectivity index (χ0n) is 24.6. The van der Waals surface area contributed by atoms with E-state index in [1.165, 1.54) is 0 Å². The molecule has 2 aromatic heterocycles. The van der Waals surface area contributed by atoms with E-state index in [9.17, 15) is 9.59 Å². The molecule has 0 spiro atoms. The SMILES string of the molecule is CC(C)(C)NC(=O)[C@@H](c1ccc(N2CCOCC2)cc1)N(C(=O)Cn1nnc2ccccc21)c1cnc2ccccc2c1. The third-order valence-corrected chi connectivity index (χ3v) is 7.42. The monoisotopic (exact) mass is 577 g/mol. The molecule has 6 rings (SSSR count). The Bertz CT molecular complexity index is 1750. The fraction of sp³-hybridized carbons (Fsp3) is 0.303. The molecule has 0 unspecified atom stereocenters. The van der Waals surface area contributed by atoms with Crippen LogP contribution in [0.1, 0.15) is 32.4 Å². The van der Waals surface area contributed by atoms with Crippen molar-refractivity contribution in [3.63, 3.8) is 0 Å². The van der Waals surface area contributed by atoms with Gasteiger partial charge in [0, 0.05) is 29.7 Å². The molecule has 0 saturated carbocycles. The molecule has 1 atom stereocenters. The number of aromatic nitrogens is 4. The molecule has 3 heterocycles. The van der Waals surface area contributed by atoms with Crippen LogP contribution >= 0.6 is 0 Å². The molecule has 220 valence electrons. The van der Waals surface area contributed by atoms with Crippen LogP contribution in [0.4, 0.5) is 11.4 Å². The lowest BCUT2D eigenvalue weighted by Crippen LogP contribution is -2.50. The Morgan fingerprint density at radius 3 is 2.40 bits per heavy atom. The lowest BCUT2D eigenvalue weighted by Gasteiger charge is -2.34. The largest absolute Gasteiger partial charge is 0.378 e. The summed E-state index contributed by atoms with van der Waals surface area (Å²) in [5.41, 5.74) is 3.94. The van der Waals surface area contributed by atoms with Crippen molar-refractivity contribution < 1.29 is 14.3 Å². The van der Waals surface area contributed by atoms with E-state index < -0.39 is 11.6 Å². The molecule has 3 aromatic carbocycles. The van der Waals surface area contributed by atoms with Gasteiger partial charge >= 0.3 is 0 Å². The lowest BCUT2D eigenvalue weighted by molar-refractivity contribution is -0.128. The maximum atomic E-state index is 14.4. The second-order valence-corrected chi connectivity index (χ2v) is 11.7. The van der Waals surface area contributed by atoms with Crippen LogP contribution in [0.5, 0.6) is 0 Å². The first-order chi connectivity index (χ1) is 20.8. The van der Waals surface area contributed by atoms with E-state index in [4.69, 9.17) is 4.74 Å². The molecule has 1 fully saturated rings. The fourth-order valence-corrected chi connectivity index (χ4v) is 5.41. The minimum atomic E-state index is -0.969. The first-order valence-electron chi connectivity index (χ1n) is 14.5. The Balaban J connectivity index is 1.45. The van der Waals surface area contributed by atoms with Crippen molar-refractivity contribution in [1.29, 1.82) is 0 Å². The summed E-state index contributed by atoms with van der Waals surface area (Å²) in [7, 11) is 0. The Hall–Kier alpha value is -4.83. The molecular weight excluding hydrogens is 542 g/mol. The maximum absolute atomic E-state index is 14.4. The van der Waals surface area contributed by atoms with E-state index in [-0.39, 0.29) is 18.4 Å².